The van der Waals surface area contributed by atoms with Crippen LogP contribution in [0, 0.1) is 0 Å². The molecule has 36 heavy (non-hydrogen) atoms. The van der Waals surface area contributed by atoms with Gasteiger partial charge in [-0.25, -0.2) is 14.6 Å². The van der Waals surface area contributed by atoms with Crippen molar-refractivity contribution in [2.75, 3.05) is 6.54 Å². The first-order chi connectivity index (χ1) is 17.7. The monoisotopic (exact) mass is 477 g/mol. The zero-order valence-electron chi connectivity index (χ0n) is 19.4. The van der Waals surface area contributed by atoms with Crippen molar-refractivity contribution in [1.82, 2.24) is 35.0 Å². The number of furan rings is 1. The molecule has 5 heterocycles. The van der Waals surface area contributed by atoms with Crippen LogP contribution >= 0.6 is 0 Å². The highest BCUT2D eigenvalue weighted by Gasteiger charge is 2.18. The molecule has 0 aliphatic carbocycles. The van der Waals surface area contributed by atoms with Crippen molar-refractivity contribution in [3.63, 3.8) is 0 Å². The molecule has 0 unspecified atom stereocenters. The summed E-state index contributed by atoms with van der Waals surface area (Å²) in [6.07, 6.45) is 8.24. The molecule has 0 aliphatic heterocycles. The molecule has 9 nitrogen and oxygen atoms in total. The third-order valence-electron chi connectivity index (χ3n) is 6.01. The molecule has 9 heteroatoms. The molecule has 0 spiro atoms. The predicted octanol–water partition coefficient (Wildman–Crippen LogP) is 4.37. The highest BCUT2D eigenvalue weighted by atomic mass is 16.3. The normalized spacial score (nSPS) is 11.3. The van der Waals surface area contributed by atoms with Crippen LogP contribution < -0.4 is 5.32 Å². The van der Waals surface area contributed by atoms with Gasteiger partial charge >= 0.3 is 0 Å². The maximum Gasteiger partial charge on any atom is 0.252 e. The van der Waals surface area contributed by atoms with Gasteiger partial charge in [-0.15, -0.1) is 0 Å². The number of carbonyl (C=O) groups excluding carboxylic acids is 1. The van der Waals surface area contributed by atoms with Crippen LogP contribution in [0.1, 0.15) is 28.4 Å². The summed E-state index contributed by atoms with van der Waals surface area (Å²) in [4.78, 5) is 30.2. The number of para-hydroxylation sites is 2. The Morgan fingerprint density at radius 1 is 1.06 bits per heavy atom. The number of nitrogens with zero attached hydrogens (tertiary/aromatic N) is 5. The van der Waals surface area contributed by atoms with Gasteiger partial charge in [-0.2, -0.15) is 5.10 Å². The first kappa shape index (κ1) is 21.7. The molecule has 6 rings (SSSR count). The largest absolute Gasteiger partial charge is 0.467 e. The lowest BCUT2D eigenvalue weighted by Crippen LogP contribution is -2.25. The van der Waals surface area contributed by atoms with Crippen molar-refractivity contribution in [2.24, 2.45) is 0 Å². The molecule has 0 bridgehead atoms. The molecule has 0 saturated heterocycles. The molecule has 0 radical (unpaired) electrons. The van der Waals surface area contributed by atoms with Crippen LogP contribution in [0.25, 0.3) is 33.3 Å². The van der Waals surface area contributed by atoms with Crippen LogP contribution in [-0.4, -0.2) is 42.2 Å². The number of nitrogens with one attached hydrogen (secondary N) is 2. The number of hydrogen-bond acceptors (Lipinski definition) is 6. The first-order valence-corrected chi connectivity index (χ1v) is 11.8. The average molecular weight is 478 g/mol. The third kappa shape index (κ3) is 4.34. The summed E-state index contributed by atoms with van der Waals surface area (Å²) >= 11 is 0. The number of aromatic nitrogens is 6. The second kappa shape index (κ2) is 9.46. The molecule has 5 aromatic heterocycles. The fourth-order valence-electron chi connectivity index (χ4n) is 4.24. The Balaban J connectivity index is 1.23. The number of benzene rings is 1. The van der Waals surface area contributed by atoms with Crippen LogP contribution in [0.2, 0.25) is 0 Å². The van der Waals surface area contributed by atoms with Gasteiger partial charge in [-0.3, -0.25) is 9.78 Å². The smallest absolute Gasteiger partial charge is 0.252 e. The second-order valence-corrected chi connectivity index (χ2v) is 8.48. The van der Waals surface area contributed by atoms with Gasteiger partial charge in [0.25, 0.3) is 5.91 Å². The minimum Gasteiger partial charge on any atom is -0.467 e. The summed E-state index contributed by atoms with van der Waals surface area (Å²) in [6, 6.07) is 17.2. The van der Waals surface area contributed by atoms with Crippen molar-refractivity contribution in [2.45, 2.75) is 19.4 Å². The number of pyridine rings is 2. The second-order valence-electron chi connectivity index (χ2n) is 8.48. The van der Waals surface area contributed by atoms with E-state index in [1.807, 2.05) is 48.5 Å². The first-order valence-electron chi connectivity index (χ1n) is 11.8. The minimum atomic E-state index is -0.172. The maximum absolute atomic E-state index is 13.3. The quantitative estimate of drug-likeness (QED) is 0.315. The fraction of sp³-hybridized carbons (Fsp3) is 0.148. The number of rotatable bonds is 8. The molecule has 1 amide bonds. The number of fused-ring (bicyclic) bond motifs is 2. The summed E-state index contributed by atoms with van der Waals surface area (Å²) in [6.45, 7) is 0.932. The SMILES string of the molecule is O=C(NCCCc1nc2ccccc2[nH]1)c1cc(-c2cccnc2)nc2c1cnn2Cc1ccco1. The lowest BCUT2D eigenvalue weighted by Gasteiger charge is -2.09. The Morgan fingerprint density at radius 2 is 2.00 bits per heavy atom. The summed E-state index contributed by atoms with van der Waals surface area (Å²) in [7, 11) is 0. The van der Waals surface area contributed by atoms with Crippen LogP contribution in [0.15, 0.2) is 83.9 Å². The van der Waals surface area contributed by atoms with E-state index in [4.69, 9.17) is 9.40 Å². The van der Waals surface area contributed by atoms with Gasteiger partial charge in [0, 0.05) is 30.9 Å². The van der Waals surface area contributed by atoms with Gasteiger partial charge in [0.15, 0.2) is 5.65 Å². The standard InChI is InChI=1S/C27H23N7O2/c35-27(29-12-4-10-25-31-22-8-1-2-9-23(22)32-25)20-14-24(18-6-3-11-28-15-18)33-26-21(20)16-30-34(26)17-19-7-5-13-36-19/h1-3,5-9,11,13-16H,4,10,12,17H2,(H,29,35)(H,31,32). The number of H-pyrrole nitrogens is 1. The summed E-state index contributed by atoms with van der Waals surface area (Å²) in [5, 5.41) is 8.22. The predicted molar refractivity (Wildman–Crippen MR) is 135 cm³/mol. The third-order valence-corrected chi connectivity index (χ3v) is 6.01. The zero-order chi connectivity index (χ0) is 24.3. The summed E-state index contributed by atoms with van der Waals surface area (Å²) in [5.41, 5.74) is 4.58. The maximum atomic E-state index is 13.3. The molecular weight excluding hydrogens is 454 g/mol. The molecule has 0 fully saturated rings. The minimum absolute atomic E-state index is 0.172. The average Bonchev–Trinajstić information content (AvgIpc) is 3.67. The number of aromatic amines is 1. The van der Waals surface area contributed by atoms with E-state index in [9.17, 15) is 4.79 Å². The van der Waals surface area contributed by atoms with E-state index in [1.54, 1.807) is 35.6 Å². The number of imidazole rings is 1. The van der Waals surface area contributed by atoms with Crippen LogP contribution in [0.4, 0.5) is 0 Å². The molecule has 6 aromatic rings. The van der Waals surface area contributed by atoms with Gasteiger partial charge in [0.05, 0.1) is 40.1 Å². The molecule has 0 atom stereocenters. The van der Waals surface area contributed by atoms with E-state index < -0.39 is 0 Å². The Labute approximate surface area is 206 Å². The molecule has 0 saturated carbocycles. The highest BCUT2D eigenvalue weighted by Crippen LogP contribution is 2.25. The zero-order valence-corrected chi connectivity index (χ0v) is 19.4. The number of carbonyl (C=O) groups is 1. The molecule has 178 valence electrons. The lowest BCUT2D eigenvalue weighted by molar-refractivity contribution is 0.0954. The van der Waals surface area contributed by atoms with Crippen LogP contribution in [0.3, 0.4) is 0 Å². The topological polar surface area (TPSA) is 115 Å². The van der Waals surface area contributed by atoms with Gasteiger partial charge < -0.3 is 14.7 Å². The molecule has 0 aliphatic rings. The van der Waals surface area contributed by atoms with E-state index >= 15 is 0 Å². The van der Waals surface area contributed by atoms with Gasteiger partial charge in [0.1, 0.15) is 18.1 Å². The number of aryl methyl sites for hydroxylation is 1. The van der Waals surface area contributed by atoms with Crippen molar-refractivity contribution < 1.29 is 9.21 Å². The Hall–Kier alpha value is -4.79. The van der Waals surface area contributed by atoms with E-state index in [-0.39, 0.29) is 5.91 Å². The van der Waals surface area contributed by atoms with Gasteiger partial charge in [0.2, 0.25) is 0 Å². The molecule has 1 aromatic carbocycles. The van der Waals surface area contributed by atoms with E-state index in [2.05, 4.69) is 25.4 Å². The Bertz CT molecular complexity index is 1600. The summed E-state index contributed by atoms with van der Waals surface area (Å²) < 4.78 is 7.23. The van der Waals surface area contributed by atoms with Crippen molar-refractivity contribution in [3.8, 4) is 11.3 Å². The summed E-state index contributed by atoms with van der Waals surface area (Å²) in [5.74, 6) is 1.50. The van der Waals surface area contributed by atoms with Crippen LogP contribution in [0.5, 0.6) is 0 Å². The fourth-order valence-corrected chi connectivity index (χ4v) is 4.24. The number of hydrogen-bond donors (Lipinski definition) is 2. The Kier molecular flexibility index (Phi) is 5.71. The van der Waals surface area contributed by atoms with Gasteiger partial charge in [-0.05, 0) is 48.9 Å². The van der Waals surface area contributed by atoms with Crippen molar-refractivity contribution in [1.29, 1.82) is 0 Å². The van der Waals surface area contributed by atoms with Crippen molar-refractivity contribution in [3.05, 3.63) is 96.6 Å². The van der Waals surface area contributed by atoms with Crippen molar-refractivity contribution >= 4 is 28.0 Å². The van der Waals surface area contributed by atoms with E-state index in [1.165, 1.54) is 0 Å². The molecule has 2 N–H and O–H groups in total. The van der Waals surface area contributed by atoms with E-state index in [0.29, 0.717) is 35.4 Å². The van der Waals surface area contributed by atoms with Gasteiger partial charge in [-0.1, -0.05) is 12.1 Å². The lowest BCUT2D eigenvalue weighted by atomic mass is 10.1. The number of amides is 1. The Morgan fingerprint density at radius 3 is 2.83 bits per heavy atom. The molecular formula is C27H23N7O2. The van der Waals surface area contributed by atoms with E-state index in [0.717, 1.165) is 41.0 Å². The van der Waals surface area contributed by atoms with Crippen LogP contribution in [-0.2, 0) is 13.0 Å². The highest BCUT2D eigenvalue weighted by molar-refractivity contribution is 6.06.